The second kappa shape index (κ2) is 7.00. The average Bonchev–Trinajstić information content (AvgIpc) is 3.07. The van der Waals surface area contributed by atoms with Crippen LogP contribution in [0.4, 0.5) is 5.82 Å². The van der Waals surface area contributed by atoms with E-state index < -0.39 is 0 Å². The van der Waals surface area contributed by atoms with Crippen LogP contribution in [0, 0.1) is 6.92 Å². The average molecular weight is 339 g/mol. The Morgan fingerprint density at radius 1 is 1.12 bits per heavy atom. The van der Waals surface area contributed by atoms with E-state index >= 15 is 0 Å². The van der Waals surface area contributed by atoms with Gasteiger partial charge in [-0.2, -0.15) is 0 Å². The van der Waals surface area contributed by atoms with E-state index in [-0.39, 0.29) is 5.91 Å². The SMILES string of the molecule is COc1cccc(OC)c1C(=O)Nc1cc(-n2ccnc2C)ncn1. The summed E-state index contributed by atoms with van der Waals surface area (Å²) in [7, 11) is 2.99. The van der Waals surface area contributed by atoms with Crippen LogP contribution >= 0.6 is 0 Å². The zero-order valence-corrected chi connectivity index (χ0v) is 14.1. The summed E-state index contributed by atoms with van der Waals surface area (Å²) in [5, 5.41) is 2.75. The van der Waals surface area contributed by atoms with Crippen LogP contribution in [-0.2, 0) is 0 Å². The summed E-state index contributed by atoms with van der Waals surface area (Å²) in [6, 6.07) is 6.79. The molecule has 0 fully saturated rings. The molecule has 3 rings (SSSR count). The first kappa shape index (κ1) is 16.4. The number of carbonyl (C=O) groups excluding carboxylic acids is 1. The number of nitrogens with zero attached hydrogens (tertiary/aromatic N) is 4. The van der Waals surface area contributed by atoms with Crippen molar-refractivity contribution in [2.24, 2.45) is 0 Å². The molecule has 1 aromatic carbocycles. The molecule has 8 heteroatoms. The second-order valence-corrected chi connectivity index (χ2v) is 5.10. The van der Waals surface area contributed by atoms with Crippen molar-refractivity contribution in [3.8, 4) is 17.3 Å². The van der Waals surface area contributed by atoms with Crippen LogP contribution in [0.25, 0.3) is 5.82 Å². The molecule has 2 heterocycles. The largest absolute Gasteiger partial charge is 0.496 e. The summed E-state index contributed by atoms with van der Waals surface area (Å²) >= 11 is 0. The van der Waals surface area contributed by atoms with Crippen molar-refractivity contribution in [2.45, 2.75) is 6.92 Å². The fraction of sp³-hybridized carbons (Fsp3) is 0.176. The van der Waals surface area contributed by atoms with Crippen molar-refractivity contribution in [3.63, 3.8) is 0 Å². The Morgan fingerprint density at radius 3 is 2.44 bits per heavy atom. The molecule has 0 radical (unpaired) electrons. The molecule has 25 heavy (non-hydrogen) atoms. The molecule has 2 aromatic heterocycles. The van der Waals surface area contributed by atoms with E-state index in [4.69, 9.17) is 9.47 Å². The molecule has 128 valence electrons. The smallest absolute Gasteiger partial charge is 0.264 e. The number of hydrogen-bond donors (Lipinski definition) is 1. The van der Waals surface area contributed by atoms with E-state index in [0.29, 0.717) is 28.7 Å². The van der Waals surface area contributed by atoms with Gasteiger partial charge >= 0.3 is 0 Å². The molecule has 0 unspecified atom stereocenters. The third kappa shape index (κ3) is 3.27. The van der Waals surface area contributed by atoms with Gasteiger partial charge in [0.2, 0.25) is 0 Å². The van der Waals surface area contributed by atoms with Gasteiger partial charge in [-0.3, -0.25) is 9.36 Å². The number of aromatic nitrogens is 4. The fourth-order valence-corrected chi connectivity index (χ4v) is 2.42. The maximum atomic E-state index is 12.7. The number of imidazole rings is 1. The molecule has 3 aromatic rings. The van der Waals surface area contributed by atoms with Gasteiger partial charge in [-0.25, -0.2) is 15.0 Å². The van der Waals surface area contributed by atoms with Gasteiger partial charge in [0.1, 0.15) is 40.8 Å². The third-order valence-corrected chi connectivity index (χ3v) is 3.62. The molecule has 1 amide bonds. The van der Waals surface area contributed by atoms with Crippen molar-refractivity contribution in [1.29, 1.82) is 0 Å². The molecule has 0 saturated carbocycles. The van der Waals surface area contributed by atoms with Crippen LogP contribution in [-0.4, -0.2) is 39.6 Å². The highest BCUT2D eigenvalue weighted by Crippen LogP contribution is 2.28. The quantitative estimate of drug-likeness (QED) is 0.766. The van der Waals surface area contributed by atoms with Crippen LogP contribution in [0.1, 0.15) is 16.2 Å². The van der Waals surface area contributed by atoms with E-state index in [1.165, 1.54) is 20.5 Å². The topological polar surface area (TPSA) is 91.2 Å². The highest BCUT2D eigenvalue weighted by atomic mass is 16.5. The van der Waals surface area contributed by atoms with Crippen LogP contribution in [0.3, 0.4) is 0 Å². The standard InChI is InChI=1S/C17H17N5O3/c1-11-18-7-8-22(11)15-9-14(19-10-20-15)21-17(23)16-12(24-2)5-4-6-13(16)25-3/h4-10H,1-3H3,(H,19,20,21,23). The highest BCUT2D eigenvalue weighted by Gasteiger charge is 2.19. The zero-order valence-electron chi connectivity index (χ0n) is 14.1. The van der Waals surface area contributed by atoms with Gasteiger partial charge < -0.3 is 14.8 Å². The number of nitrogens with one attached hydrogen (secondary N) is 1. The number of rotatable bonds is 5. The summed E-state index contributed by atoms with van der Waals surface area (Å²) < 4.78 is 12.3. The number of anilines is 1. The lowest BCUT2D eigenvalue weighted by Crippen LogP contribution is -2.16. The van der Waals surface area contributed by atoms with Crippen LogP contribution in [0.15, 0.2) is 43.0 Å². The van der Waals surface area contributed by atoms with Gasteiger partial charge in [-0.15, -0.1) is 0 Å². The summed E-state index contributed by atoms with van der Waals surface area (Å²) in [5.74, 6) is 2.18. The Kier molecular flexibility index (Phi) is 4.60. The molecular weight excluding hydrogens is 322 g/mol. The number of aryl methyl sites for hydroxylation is 1. The molecule has 1 N–H and O–H groups in total. The minimum atomic E-state index is -0.388. The molecule has 0 aliphatic heterocycles. The Hall–Kier alpha value is -3.42. The van der Waals surface area contributed by atoms with Crippen molar-refractivity contribution >= 4 is 11.7 Å². The summed E-state index contributed by atoms with van der Waals surface area (Å²) in [5.41, 5.74) is 0.298. The first-order chi connectivity index (χ1) is 12.1. The predicted octanol–water partition coefficient (Wildman–Crippen LogP) is 2.24. The van der Waals surface area contributed by atoms with Crippen molar-refractivity contribution in [3.05, 3.63) is 54.4 Å². The first-order valence-corrected chi connectivity index (χ1v) is 7.48. The van der Waals surface area contributed by atoms with Crippen molar-refractivity contribution in [2.75, 3.05) is 19.5 Å². The van der Waals surface area contributed by atoms with Crippen LogP contribution < -0.4 is 14.8 Å². The van der Waals surface area contributed by atoms with E-state index in [9.17, 15) is 4.79 Å². The normalized spacial score (nSPS) is 10.4. The second-order valence-electron chi connectivity index (χ2n) is 5.10. The maximum Gasteiger partial charge on any atom is 0.264 e. The molecule has 0 spiro atoms. The molecule has 0 atom stereocenters. The van der Waals surface area contributed by atoms with Gasteiger partial charge in [0.05, 0.1) is 14.2 Å². The van der Waals surface area contributed by atoms with Crippen molar-refractivity contribution in [1.82, 2.24) is 19.5 Å². The van der Waals surface area contributed by atoms with Crippen molar-refractivity contribution < 1.29 is 14.3 Å². The number of methoxy groups -OCH3 is 2. The minimum absolute atomic E-state index is 0.298. The Balaban J connectivity index is 1.91. The van der Waals surface area contributed by atoms with Gasteiger partial charge in [0.15, 0.2) is 0 Å². The summed E-state index contributed by atoms with van der Waals surface area (Å²) in [4.78, 5) is 25.1. The lowest BCUT2D eigenvalue weighted by Gasteiger charge is -2.13. The Bertz CT molecular complexity index is 885. The van der Waals surface area contributed by atoms with E-state index in [1.807, 2.05) is 6.92 Å². The minimum Gasteiger partial charge on any atom is -0.496 e. The summed E-state index contributed by atoms with van der Waals surface area (Å²) in [6.07, 6.45) is 4.84. The lowest BCUT2D eigenvalue weighted by atomic mass is 10.1. The van der Waals surface area contributed by atoms with E-state index in [0.717, 1.165) is 5.82 Å². The van der Waals surface area contributed by atoms with E-state index in [1.54, 1.807) is 41.2 Å². The fourth-order valence-electron chi connectivity index (χ4n) is 2.42. The third-order valence-electron chi connectivity index (χ3n) is 3.62. The molecule has 0 aliphatic rings. The number of amides is 1. The van der Waals surface area contributed by atoms with E-state index in [2.05, 4.69) is 20.3 Å². The van der Waals surface area contributed by atoms with Gasteiger partial charge in [-0.05, 0) is 19.1 Å². The molecule has 0 aliphatic carbocycles. The summed E-state index contributed by atoms with van der Waals surface area (Å²) in [6.45, 7) is 1.86. The maximum absolute atomic E-state index is 12.7. The number of benzene rings is 1. The zero-order chi connectivity index (χ0) is 17.8. The highest BCUT2D eigenvalue weighted by molar-refractivity contribution is 6.07. The van der Waals surface area contributed by atoms with Gasteiger partial charge in [0.25, 0.3) is 5.91 Å². The van der Waals surface area contributed by atoms with Gasteiger partial charge in [0, 0.05) is 18.5 Å². The van der Waals surface area contributed by atoms with Crippen LogP contribution in [0.2, 0.25) is 0 Å². The van der Waals surface area contributed by atoms with Gasteiger partial charge in [-0.1, -0.05) is 6.07 Å². The molecule has 0 saturated heterocycles. The molecular formula is C17H17N5O3. The van der Waals surface area contributed by atoms with Crippen LogP contribution in [0.5, 0.6) is 11.5 Å². The molecule has 0 bridgehead atoms. The monoisotopic (exact) mass is 339 g/mol. The number of hydrogen-bond acceptors (Lipinski definition) is 6. The lowest BCUT2D eigenvalue weighted by molar-refractivity contribution is 0.102. The molecule has 8 nitrogen and oxygen atoms in total. The predicted molar refractivity (Wildman–Crippen MR) is 91.4 cm³/mol. The number of ether oxygens (including phenoxy) is 2. The first-order valence-electron chi connectivity index (χ1n) is 7.48. The number of carbonyl (C=O) groups is 1. The Labute approximate surface area is 144 Å². The Morgan fingerprint density at radius 2 is 1.84 bits per heavy atom.